The van der Waals surface area contributed by atoms with Crippen molar-refractivity contribution < 1.29 is 9.53 Å². The van der Waals surface area contributed by atoms with E-state index in [1.807, 2.05) is 43.3 Å². The fourth-order valence-corrected chi connectivity index (χ4v) is 2.74. The molecule has 0 saturated carbocycles. The van der Waals surface area contributed by atoms with Gasteiger partial charge in [0.15, 0.2) is 0 Å². The number of nitrogens with one attached hydrogen (secondary N) is 1. The summed E-state index contributed by atoms with van der Waals surface area (Å²) in [5.74, 6) is 0.185. The minimum Gasteiger partial charge on any atom is -0.495 e. The molecule has 1 aromatic heterocycles. The number of anilines is 1. The maximum atomic E-state index is 12.7. The Hall–Kier alpha value is -3.48. The van der Waals surface area contributed by atoms with Gasteiger partial charge in [0.05, 0.1) is 24.7 Å². The van der Waals surface area contributed by atoms with Crippen LogP contribution in [0.3, 0.4) is 0 Å². The second-order valence-electron chi connectivity index (χ2n) is 5.85. The van der Waals surface area contributed by atoms with Crippen molar-refractivity contribution in [3.63, 3.8) is 0 Å². The van der Waals surface area contributed by atoms with Crippen molar-refractivity contribution in [2.45, 2.75) is 19.4 Å². The molecule has 27 heavy (non-hydrogen) atoms. The lowest BCUT2D eigenvalue weighted by Gasteiger charge is -2.17. The molecule has 0 radical (unpaired) electrons. The molecule has 138 valence electrons. The van der Waals surface area contributed by atoms with Crippen LogP contribution in [0.1, 0.15) is 19.4 Å². The summed E-state index contributed by atoms with van der Waals surface area (Å²) >= 11 is 0. The zero-order valence-corrected chi connectivity index (χ0v) is 15.1. The molecule has 2 aromatic carbocycles. The van der Waals surface area contributed by atoms with E-state index in [0.717, 1.165) is 10.2 Å². The molecular formula is C20H20N4O3. The molecule has 1 unspecified atom stereocenters. The first-order valence-electron chi connectivity index (χ1n) is 8.59. The van der Waals surface area contributed by atoms with Crippen molar-refractivity contribution in [3.05, 3.63) is 71.3 Å². The molecule has 0 fully saturated rings. The fraction of sp³-hybridized carbons (Fsp3) is 0.200. The van der Waals surface area contributed by atoms with Crippen molar-refractivity contribution in [2.24, 2.45) is 0 Å². The standard InChI is InChI=1S/C20H20N4O3/c1-3-17(19(25)22-15-11-7-8-12-18(15)27-2)24-20(26)23-16(13-21-24)14-9-5-4-6-10-14/h4-13,17H,3H2,1-2H3,(H,22,25). The molecule has 7 nitrogen and oxygen atoms in total. The van der Waals surface area contributed by atoms with Gasteiger partial charge in [-0.1, -0.05) is 49.4 Å². The second kappa shape index (κ2) is 8.27. The van der Waals surface area contributed by atoms with Crippen molar-refractivity contribution in [1.82, 2.24) is 14.8 Å². The van der Waals surface area contributed by atoms with Crippen LogP contribution < -0.4 is 15.7 Å². The van der Waals surface area contributed by atoms with Gasteiger partial charge in [-0.25, -0.2) is 9.48 Å². The largest absolute Gasteiger partial charge is 0.495 e. The molecule has 1 N–H and O–H groups in total. The summed E-state index contributed by atoms with van der Waals surface area (Å²) in [5, 5.41) is 6.97. The number of carbonyl (C=O) groups excluding carboxylic acids is 1. The first kappa shape index (κ1) is 18.3. The smallest absolute Gasteiger partial charge is 0.365 e. The first-order valence-corrected chi connectivity index (χ1v) is 8.59. The van der Waals surface area contributed by atoms with E-state index in [9.17, 15) is 9.59 Å². The molecule has 0 aliphatic heterocycles. The number of benzene rings is 2. The monoisotopic (exact) mass is 364 g/mol. The van der Waals surface area contributed by atoms with Crippen LogP contribution in [0.2, 0.25) is 0 Å². The number of para-hydroxylation sites is 2. The zero-order valence-electron chi connectivity index (χ0n) is 15.1. The van der Waals surface area contributed by atoms with Gasteiger partial charge in [0.25, 0.3) is 0 Å². The molecule has 1 amide bonds. The van der Waals surface area contributed by atoms with Crippen molar-refractivity contribution in [2.75, 3.05) is 12.4 Å². The Morgan fingerprint density at radius 2 is 1.85 bits per heavy atom. The molecule has 7 heteroatoms. The predicted molar refractivity (Wildman–Crippen MR) is 103 cm³/mol. The summed E-state index contributed by atoms with van der Waals surface area (Å²) in [6.07, 6.45) is 1.88. The van der Waals surface area contributed by atoms with E-state index in [0.29, 0.717) is 23.6 Å². The first-order chi connectivity index (χ1) is 13.1. The van der Waals surface area contributed by atoms with Crippen LogP contribution in [-0.4, -0.2) is 27.8 Å². The second-order valence-corrected chi connectivity index (χ2v) is 5.85. The summed E-state index contributed by atoms with van der Waals surface area (Å²) in [4.78, 5) is 29.3. The highest BCUT2D eigenvalue weighted by atomic mass is 16.5. The maximum Gasteiger partial charge on any atom is 0.365 e. The van der Waals surface area contributed by atoms with Crippen LogP contribution in [-0.2, 0) is 4.79 Å². The molecule has 0 bridgehead atoms. The number of hydrogen-bond acceptors (Lipinski definition) is 5. The average Bonchev–Trinajstić information content (AvgIpc) is 2.70. The SMILES string of the molecule is CCC(C(=O)Nc1ccccc1OC)n1ncc(-c2ccccc2)nc1=O. The molecule has 3 rings (SSSR count). The van der Waals surface area contributed by atoms with E-state index in [4.69, 9.17) is 4.74 Å². The number of rotatable bonds is 6. The van der Waals surface area contributed by atoms with Gasteiger partial charge in [-0.05, 0) is 18.6 Å². The Bertz CT molecular complexity index is 986. The van der Waals surface area contributed by atoms with Crippen LogP contribution in [0, 0.1) is 0 Å². The van der Waals surface area contributed by atoms with Crippen LogP contribution in [0.25, 0.3) is 11.3 Å². The number of aromatic nitrogens is 3. The van der Waals surface area contributed by atoms with E-state index in [-0.39, 0.29) is 5.91 Å². The van der Waals surface area contributed by atoms with Gasteiger partial charge in [-0.15, -0.1) is 0 Å². The third kappa shape index (κ3) is 4.03. The summed E-state index contributed by atoms with van der Waals surface area (Å²) < 4.78 is 6.35. The quantitative estimate of drug-likeness (QED) is 0.727. The highest BCUT2D eigenvalue weighted by Crippen LogP contribution is 2.24. The topological polar surface area (TPSA) is 86.1 Å². The van der Waals surface area contributed by atoms with Gasteiger partial charge < -0.3 is 10.1 Å². The highest BCUT2D eigenvalue weighted by molar-refractivity contribution is 5.94. The molecule has 1 heterocycles. The number of nitrogens with zero attached hydrogens (tertiary/aromatic N) is 3. The Kier molecular flexibility index (Phi) is 5.61. The zero-order chi connectivity index (χ0) is 19.2. The molecule has 0 aliphatic rings. The average molecular weight is 364 g/mol. The van der Waals surface area contributed by atoms with Crippen LogP contribution in [0.5, 0.6) is 5.75 Å². The third-order valence-corrected chi connectivity index (χ3v) is 4.14. The minimum atomic E-state index is -0.778. The fourth-order valence-electron chi connectivity index (χ4n) is 2.74. The Balaban J connectivity index is 1.87. The van der Waals surface area contributed by atoms with Crippen LogP contribution in [0.15, 0.2) is 65.6 Å². The van der Waals surface area contributed by atoms with E-state index < -0.39 is 11.7 Å². The normalized spacial score (nSPS) is 11.6. The number of ether oxygens (including phenoxy) is 1. The third-order valence-electron chi connectivity index (χ3n) is 4.14. The van der Waals surface area contributed by atoms with Gasteiger partial charge in [-0.3, -0.25) is 4.79 Å². The van der Waals surface area contributed by atoms with Gasteiger partial charge in [0, 0.05) is 5.56 Å². The van der Waals surface area contributed by atoms with Gasteiger partial charge >= 0.3 is 5.69 Å². The lowest BCUT2D eigenvalue weighted by atomic mass is 10.2. The number of hydrogen-bond donors (Lipinski definition) is 1. The molecule has 1 atom stereocenters. The number of methoxy groups -OCH3 is 1. The van der Waals surface area contributed by atoms with E-state index in [1.165, 1.54) is 13.3 Å². The van der Waals surface area contributed by atoms with Gasteiger partial charge in [0.1, 0.15) is 11.8 Å². The van der Waals surface area contributed by atoms with Crippen molar-refractivity contribution >= 4 is 11.6 Å². The van der Waals surface area contributed by atoms with Crippen LogP contribution in [0.4, 0.5) is 5.69 Å². The predicted octanol–water partition coefficient (Wildman–Crippen LogP) is 2.90. The Morgan fingerprint density at radius 1 is 1.15 bits per heavy atom. The van der Waals surface area contributed by atoms with Crippen LogP contribution >= 0.6 is 0 Å². The highest BCUT2D eigenvalue weighted by Gasteiger charge is 2.22. The van der Waals surface area contributed by atoms with Gasteiger partial charge in [0.2, 0.25) is 5.91 Å². The Labute approximate surface area is 156 Å². The van der Waals surface area contributed by atoms with Crippen molar-refractivity contribution in [3.8, 4) is 17.0 Å². The maximum absolute atomic E-state index is 12.7. The van der Waals surface area contributed by atoms with E-state index >= 15 is 0 Å². The molecular weight excluding hydrogens is 344 g/mol. The Morgan fingerprint density at radius 3 is 2.52 bits per heavy atom. The number of amides is 1. The van der Waals surface area contributed by atoms with E-state index in [1.54, 1.807) is 18.2 Å². The minimum absolute atomic E-state index is 0.356. The molecule has 0 spiro atoms. The summed E-state index contributed by atoms with van der Waals surface area (Å²) in [5.41, 5.74) is 1.22. The molecule has 3 aromatic rings. The molecule has 0 aliphatic carbocycles. The summed E-state index contributed by atoms with van der Waals surface area (Å²) in [7, 11) is 1.53. The molecule has 0 saturated heterocycles. The lowest BCUT2D eigenvalue weighted by Crippen LogP contribution is -2.36. The van der Waals surface area contributed by atoms with Crippen molar-refractivity contribution in [1.29, 1.82) is 0 Å². The number of carbonyl (C=O) groups is 1. The summed E-state index contributed by atoms with van der Waals surface area (Å²) in [6.45, 7) is 1.81. The van der Waals surface area contributed by atoms with E-state index in [2.05, 4.69) is 15.4 Å². The van der Waals surface area contributed by atoms with Gasteiger partial charge in [-0.2, -0.15) is 10.1 Å². The lowest BCUT2D eigenvalue weighted by molar-refractivity contribution is -0.119. The summed E-state index contributed by atoms with van der Waals surface area (Å²) in [6, 6.07) is 15.6.